The lowest BCUT2D eigenvalue weighted by molar-refractivity contribution is 0.0892. The number of nitriles is 1. The molecule has 0 spiro atoms. The molecule has 22 heavy (non-hydrogen) atoms. The van der Waals surface area contributed by atoms with Crippen molar-refractivity contribution in [3.05, 3.63) is 47.1 Å². The van der Waals surface area contributed by atoms with Crippen molar-refractivity contribution in [2.75, 3.05) is 0 Å². The normalized spacial score (nSPS) is 16.2. The average molecular weight is 296 g/mol. The number of hydrogen-bond acceptors (Lipinski definition) is 5. The molecule has 1 aliphatic carbocycles. The maximum absolute atomic E-state index is 12.5. The Bertz CT molecular complexity index is 721. The number of carbonyl (C=O) groups is 1. The minimum Gasteiger partial charge on any atom is -0.340 e. The van der Waals surface area contributed by atoms with Crippen molar-refractivity contribution in [2.45, 2.75) is 38.1 Å². The number of rotatable bonds is 3. The minimum absolute atomic E-state index is 0.186. The molecule has 1 heterocycles. The van der Waals surface area contributed by atoms with E-state index in [1.165, 1.54) is 0 Å². The van der Waals surface area contributed by atoms with Gasteiger partial charge in [0.2, 0.25) is 5.89 Å². The summed E-state index contributed by atoms with van der Waals surface area (Å²) in [6.45, 7) is 1.74. The molecular formula is C16H16N4O2. The molecule has 3 rings (SSSR count). The van der Waals surface area contributed by atoms with Gasteiger partial charge in [0.15, 0.2) is 5.82 Å². The fraction of sp³-hybridized carbons (Fsp3) is 0.375. The Morgan fingerprint density at radius 3 is 2.55 bits per heavy atom. The fourth-order valence-corrected chi connectivity index (χ4v) is 2.86. The molecule has 1 N–H and O–H groups in total. The van der Waals surface area contributed by atoms with Gasteiger partial charge in [0.1, 0.15) is 5.54 Å². The molecule has 6 heteroatoms. The summed E-state index contributed by atoms with van der Waals surface area (Å²) in [5, 5.41) is 15.9. The Morgan fingerprint density at radius 1 is 1.32 bits per heavy atom. The minimum atomic E-state index is -0.553. The highest BCUT2D eigenvalue weighted by atomic mass is 16.5. The third-order valence-electron chi connectivity index (χ3n) is 4.04. The van der Waals surface area contributed by atoms with Crippen molar-refractivity contribution in [3.63, 3.8) is 0 Å². The van der Waals surface area contributed by atoms with Crippen LogP contribution in [0.3, 0.4) is 0 Å². The molecule has 0 radical (unpaired) electrons. The standard InChI is InChI=1S/C16H16N4O2/c1-11-18-15(20-22-11)16(8-2-3-9-16)19-14(21)13-6-4-12(10-17)5-7-13/h4-7H,2-3,8-9H2,1H3,(H,19,21). The molecule has 112 valence electrons. The maximum Gasteiger partial charge on any atom is 0.252 e. The van der Waals surface area contributed by atoms with Crippen LogP contribution in [0.5, 0.6) is 0 Å². The van der Waals surface area contributed by atoms with Crippen LogP contribution in [0.4, 0.5) is 0 Å². The molecule has 1 amide bonds. The van der Waals surface area contributed by atoms with Crippen LogP contribution < -0.4 is 5.32 Å². The highest BCUT2D eigenvalue weighted by Gasteiger charge is 2.41. The molecule has 0 aliphatic heterocycles. The first-order chi connectivity index (χ1) is 10.6. The summed E-state index contributed by atoms with van der Waals surface area (Å²) >= 11 is 0. The van der Waals surface area contributed by atoms with E-state index in [1.54, 1.807) is 31.2 Å². The van der Waals surface area contributed by atoms with Gasteiger partial charge in [-0.15, -0.1) is 0 Å². The molecule has 2 aromatic rings. The molecule has 0 unspecified atom stereocenters. The van der Waals surface area contributed by atoms with Crippen LogP contribution in [-0.4, -0.2) is 16.0 Å². The molecule has 1 aromatic heterocycles. The summed E-state index contributed by atoms with van der Waals surface area (Å²) in [5.41, 5.74) is 0.495. The van der Waals surface area contributed by atoms with Gasteiger partial charge in [0.25, 0.3) is 5.91 Å². The van der Waals surface area contributed by atoms with Gasteiger partial charge in [-0.25, -0.2) is 0 Å². The zero-order valence-corrected chi connectivity index (χ0v) is 12.3. The van der Waals surface area contributed by atoms with Crippen LogP contribution in [0.15, 0.2) is 28.8 Å². The van der Waals surface area contributed by atoms with Gasteiger partial charge < -0.3 is 9.84 Å². The second-order valence-electron chi connectivity index (χ2n) is 5.57. The predicted octanol–water partition coefficient (Wildman–Crippen LogP) is 2.45. The van der Waals surface area contributed by atoms with Crippen molar-refractivity contribution < 1.29 is 9.32 Å². The van der Waals surface area contributed by atoms with Gasteiger partial charge in [-0.1, -0.05) is 18.0 Å². The number of nitrogens with zero attached hydrogens (tertiary/aromatic N) is 3. The first-order valence-corrected chi connectivity index (χ1v) is 7.26. The lowest BCUT2D eigenvalue weighted by atomic mass is 9.95. The van der Waals surface area contributed by atoms with Gasteiger partial charge in [-0.2, -0.15) is 10.2 Å². The Morgan fingerprint density at radius 2 is 2.00 bits per heavy atom. The van der Waals surface area contributed by atoms with Crippen molar-refractivity contribution in [3.8, 4) is 6.07 Å². The number of amides is 1. The summed E-state index contributed by atoms with van der Waals surface area (Å²) in [6, 6.07) is 8.61. The molecule has 1 saturated carbocycles. The second-order valence-corrected chi connectivity index (χ2v) is 5.57. The SMILES string of the molecule is Cc1nc(C2(NC(=O)c3ccc(C#N)cc3)CCCC2)no1. The van der Waals surface area contributed by atoms with Crippen molar-refractivity contribution in [1.29, 1.82) is 5.26 Å². The summed E-state index contributed by atoms with van der Waals surface area (Å²) in [7, 11) is 0. The Kier molecular flexibility index (Phi) is 3.63. The topological polar surface area (TPSA) is 91.8 Å². The molecule has 1 aliphatic rings. The highest BCUT2D eigenvalue weighted by Crippen LogP contribution is 2.37. The molecule has 1 fully saturated rings. The molecule has 1 aromatic carbocycles. The zero-order chi connectivity index (χ0) is 15.6. The number of hydrogen-bond donors (Lipinski definition) is 1. The van der Waals surface area contributed by atoms with E-state index >= 15 is 0 Å². The first kappa shape index (κ1) is 14.3. The molecule has 0 bridgehead atoms. The van der Waals surface area contributed by atoms with Crippen LogP contribution in [0, 0.1) is 18.3 Å². The van der Waals surface area contributed by atoms with Crippen LogP contribution in [-0.2, 0) is 5.54 Å². The summed E-state index contributed by atoms with van der Waals surface area (Å²) < 4.78 is 5.07. The summed E-state index contributed by atoms with van der Waals surface area (Å²) in [4.78, 5) is 16.8. The Balaban J connectivity index is 1.84. The van der Waals surface area contributed by atoms with Gasteiger partial charge in [-0.3, -0.25) is 4.79 Å². The molecule has 6 nitrogen and oxygen atoms in total. The maximum atomic E-state index is 12.5. The summed E-state index contributed by atoms with van der Waals surface area (Å²) in [6.07, 6.45) is 3.63. The van der Waals surface area contributed by atoms with Gasteiger partial charge in [0, 0.05) is 12.5 Å². The summed E-state index contributed by atoms with van der Waals surface area (Å²) in [5.74, 6) is 0.854. The lowest BCUT2D eigenvalue weighted by Gasteiger charge is -2.26. The quantitative estimate of drug-likeness (QED) is 0.939. The number of benzene rings is 1. The first-order valence-electron chi connectivity index (χ1n) is 7.26. The molecular weight excluding hydrogens is 280 g/mol. The van der Waals surface area contributed by atoms with Crippen molar-refractivity contribution in [2.24, 2.45) is 0 Å². The van der Waals surface area contributed by atoms with Gasteiger partial charge >= 0.3 is 0 Å². The van der Waals surface area contributed by atoms with E-state index < -0.39 is 5.54 Å². The molecule has 0 saturated heterocycles. The van der Waals surface area contributed by atoms with Crippen LogP contribution in [0.1, 0.15) is 53.3 Å². The van der Waals surface area contributed by atoms with E-state index in [-0.39, 0.29) is 5.91 Å². The third kappa shape index (κ3) is 2.58. The Labute approximate surface area is 128 Å². The third-order valence-corrected chi connectivity index (χ3v) is 4.04. The Hall–Kier alpha value is -2.68. The average Bonchev–Trinajstić information content (AvgIpc) is 3.17. The predicted molar refractivity (Wildman–Crippen MR) is 77.8 cm³/mol. The second kappa shape index (κ2) is 5.60. The van der Waals surface area contributed by atoms with E-state index in [1.807, 2.05) is 6.07 Å². The van der Waals surface area contributed by atoms with Crippen LogP contribution in [0.25, 0.3) is 0 Å². The monoisotopic (exact) mass is 296 g/mol. The number of nitrogens with one attached hydrogen (secondary N) is 1. The lowest BCUT2D eigenvalue weighted by Crippen LogP contribution is -2.44. The molecule has 0 atom stereocenters. The smallest absolute Gasteiger partial charge is 0.252 e. The van der Waals surface area contributed by atoms with Crippen LogP contribution in [0.2, 0.25) is 0 Å². The van der Waals surface area contributed by atoms with E-state index in [2.05, 4.69) is 15.5 Å². The number of aromatic nitrogens is 2. The van der Waals surface area contributed by atoms with Crippen LogP contribution >= 0.6 is 0 Å². The van der Waals surface area contributed by atoms with Crippen molar-refractivity contribution >= 4 is 5.91 Å². The number of aryl methyl sites for hydroxylation is 1. The highest BCUT2D eigenvalue weighted by molar-refractivity contribution is 5.94. The van der Waals surface area contributed by atoms with E-state index in [0.29, 0.717) is 22.8 Å². The zero-order valence-electron chi connectivity index (χ0n) is 12.3. The van der Waals surface area contributed by atoms with Gasteiger partial charge in [-0.05, 0) is 37.1 Å². The largest absolute Gasteiger partial charge is 0.340 e. The van der Waals surface area contributed by atoms with E-state index in [0.717, 1.165) is 25.7 Å². The fourth-order valence-electron chi connectivity index (χ4n) is 2.86. The number of carbonyl (C=O) groups excluding carboxylic acids is 1. The van der Waals surface area contributed by atoms with E-state index in [4.69, 9.17) is 9.78 Å². The van der Waals surface area contributed by atoms with E-state index in [9.17, 15) is 4.79 Å². The van der Waals surface area contributed by atoms with Gasteiger partial charge in [0.05, 0.1) is 11.6 Å². The van der Waals surface area contributed by atoms with Crippen molar-refractivity contribution in [1.82, 2.24) is 15.5 Å².